The standard InChI is InChI=1S/C77H107N17O20/c1-6-41(4)65(82)76(112)93-59(36-45-18-24-49(98)25-19-45)73(109)94-61(39-95)75(111)92-58(35-44-16-22-48(97)23-17-44)72(108)90-56(33-40(2)3)70(106)84-42(5)66(102)89-60(37-46-38-83-51-12-8-7-11-50(46)51)74(110)91-57(34-43-14-20-47(96)21-15-43)71(107)87-54(27-30-63(80)100)69(105)86-53(26-29-62(79)99)68(104)85-52(13-9-10-32-78)67(103)88-55(77(113)114)28-31-64(81)101/h7-8,11-12,14-25,38,40-42,52-61,65,83,95-98H,6,9-10,13,26-37,39,78,82H2,1-5H3,(H2,79,99)(H2,80,100)(H2,81,101)(H,84,106)(H,85,104)(H,86,105)(H,87,107)(H,88,103)(H,89,102)(H,90,108)(H,91,110)(H,92,111)(H,93,112)(H,94,109)(H,113,114)/t41-,42-,52-,53-,54-,55-,56-,57-,58-,59-,60-,61-,65-/m0/s1. The molecule has 4 aromatic carbocycles. The van der Waals surface area contributed by atoms with Crippen LogP contribution in [-0.4, -0.2) is 205 Å². The van der Waals surface area contributed by atoms with E-state index in [4.69, 9.17) is 28.7 Å². The zero-order chi connectivity index (χ0) is 84.5. The van der Waals surface area contributed by atoms with Crippen molar-refractivity contribution in [3.05, 3.63) is 126 Å². The number of aromatic nitrogens is 1. The molecule has 1 aromatic heterocycles. The Hall–Kier alpha value is -12.2. The number of para-hydroxylation sites is 1. The number of carbonyl (C=O) groups is 15. The number of unbranched alkanes of at least 4 members (excludes halogenated alkanes) is 1. The number of H-pyrrole nitrogens is 1. The van der Waals surface area contributed by atoms with Crippen LogP contribution in [0.15, 0.2) is 103 Å². The number of aliphatic hydroxyl groups is 1. The molecule has 1 heterocycles. The van der Waals surface area contributed by atoms with E-state index >= 15 is 4.79 Å². The number of hydrogen-bond donors (Lipinski definition) is 22. The van der Waals surface area contributed by atoms with Crippen molar-refractivity contribution in [1.29, 1.82) is 0 Å². The van der Waals surface area contributed by atoms with Crippen molar-refractivity contribution < 1.29 is 97.5 Å². The lowest BCUT2D eigenvalue weighted by molar-refractivity contribution is -0.142. The van der Waals surface area contributed by atoms with Gasteiger partial charge in [0.25, 0.3) is 0 Å². The largest absolute Gasteiger partial charge is 0.508 e. The summed E-state index contributed by atoms with van der Waals surface area (Å²) >= 11 is 0. The number of nitrogens with one attached hydrogen (secondary N) is 12. The Labute approximate surface area is 657 Å². The first kappa shape index (κ1) is 92.4. The van der Waals surface area contributed by atoms with Gasteiger partial charge < -0.3 is 118 Å². The summed E-state index contributed by atoms with van der Waals surface area (Å²) in [4.78, 5) is 210. The van der Waals surface area contributed by atoms with Gasteiger partial charge in [0.1, 0.15) is 83.7 Å². The predicted octanol–water partition coefficient (Wildman–Crippen LogP) is -2.67. The number of aromatic hydroxyl groups is 3. The van der Waals surface area contributed by atoms with Crippen LogP contribution in [0.2, 0.25) is 0 Å². The van der Waals surface area contributed by atoms with Gasteiger partial charge in [0.15, 0.2) is 0 Å². The van der Waals surface area contributed by atoms with Crippen LogP contribution in [0.25, 0.3) is 10.9 Å². The third kappa shape index (κ3) is 30.8. The van der Waals surface area contributed by atoms with Crippen LogP contribution in [0.4, 0.5) is 0 Å². The molecule has 0 aliphatic heterocycles. The molecule has 0 aliphatic carbocycles. The van der Waals surface area contributed by atoms with E-state index in [1.54, 1.807) is 51.2 Å². The van der Waals surface area contributed by atoms with Crippen molar-refractivity contribution in [3.63, 3.8) is 0 Å². The molecule has 0 radical (unpaired) electrons. The van der Waals surface area contributed by atoms with Gasteiger partial charge in [-0.2, -0.15) is 0 Å². The fraction of sp³-hybridized carbons (Fsp3) is 0.468. The molecule has 37 heteroatoms. The van der Waals surface area contributed by atoms with E-state index in [0.717, 1.165) is 0 Å². The Bertz CT molecular complexity index is 4140. The zero-order valence-electron chi connectivity index (χ0n) is 64.2. The van der Waals surface area contributed by atoms with Crippen molar-refractivity contribution >= 4 is 99.6 Å². The monoisotopic (exact) mass is 1590 g/mol. The molecule has 14 amide bonds. The number of hydrogen-bond acceptors (Lipinski definition) is 21. The van der Waals surface area contributed by atoms with E-state index in [9.17, 15) is 92.7 Å². The van der Waals surface area contributed by atoms with Gasteiger partial charge in [0.2, 0.25) is 82.7 Å². The van der Waals surface area contributed by atoms with E-state index in [1.165, 1.54) is 79.7 Å². The van der Waals surface area contributed by atoms with Crippen LogP contribution in [0.5, 0.6) is 17.2 Å². The van der Waals surface area contributed by atoms with Crippen LogP contribution in [0.1, 0.15) is 128 Å². The van der Waals surface area contributed by atoms with Crippen LogP contribution in [0, 0.1) is 11.8 Å². The quantitative estimate of drug-likeness (QED) is 0.0177. The van der Waals surface area contributed by atoms with Crippen molar-refractivity contribution in [2.75, 3.05) is 13.2 Å². The lowest BCUT2D eigenvalue weighted by Crippen LogP contribution is -2.61. The summed E-state index contributed by atoms with van der Waals surface area (Å²) in [6.07, 6.45) is -1.78. The van der Waals surface area contributed by atoms with Gasteiger partial charge in [-0.3, -0.25) is 67.1 Å². The second kappa shape index (κ2) is 45.9. The Morgan fingerprint density at radius 3 is 1.15 bits per heavy atom. The van der Waals surface area contributed by atoms with Crippen molar-refractivity contribution in [3.8, 4) is 17.2 Å². The van der Waals surface area contributed by atoms with Gasteiger partial charge in [-0.15, -0.1) is 0 Å². The van der Waals surface area contributed by atoms with Crippen molar-refractivity contribution in [2.24, 2.45) is 40.5 Å². The Morgan fingerprint density at radius 2 is 0.746 bits per heavy atom. The number of phenolic OH excluding ortho intramolecular Hbond substituents is 3. The first-order chi connectivity index (χ1) is 54.0. The molecule has 13 atom stereocenters. The maximum atomic E-state index is 15.1. The van der Waals surface area contributed by atoms with Gasteiger partial charge in [-0.25, -0.2) is 4.79 Å². The summed E-state index contributed by atoms with van der Waals surface area (Å²) in [5, 5.41) is 79.2. The summed E-state index contributed by atoms with van der Waals surface area (Å²) < 4.78 is 0. The number of amides is 14. The number of aromatic amines is 1. The topological polar surface area (TPSA) is 635 Å². The number of rotatable bonds is 49. The zero-order valence-corrected chi connectivity index (χ0v) is 64.2. The average Bonchev–Trinajstić information content (AvgIpc) is 1.64. The minimum Gasteiger partial charge on any atom is -0.508 e. The van der Waals surface area contributed by atoms with Crippen LogP contribution in [0.3, 0.4) is 0 Å². The average molecular weight is 1590 g/mol. The van der Waals surface area contributed by atoms with Gasteiger partial charge in [-0.1, -0.05) is 88.7 Å². The molecule has 0 aliphatic rings. The van der Waals surface area contributed by atoms with Crippen LogP contribution < -0.4 is 87.2 Å². The summed E-state index contributed by atoms with van der Waals surface area (Å²) in [7, 11) is 0. The molecule has 5 rings (SSSR count). The second-order valence-corrected chi connectivity index (χ2v) is 28.4. The maximum Gasteiger partial charge on any atom is 0.326 e. The number of primary amides is 3. The number of phenols is 3. The summed E-state index contributed by atoms with van der Waals surface area (Å²) in [5.41, 5.74) is 30.4. The Morgan fingerprint density at radius 1 is 0.404 bits per heavy atom. The first-order valence-electron chi connectivity index (χ1n) is 37.4. The number of nitrogens with two attached hydrogens (primary N) is 5. The molecule has 0 saturated heterocycles. The number of aliphatic hydroxyl groups excluding tert-OH is 1. The molecule has 620 valence electrons. The third-order valence-corrected chi connectivity index (χ3v) is 18.7. The summed E-state index contributed by atoms with van der Waals surface area (Å²) in [6.45, 7) is 7.41. The highest BCUT2D eigenvalue weighted by molar-refractivity contribution is 6.00. The fourth-order valence-electron chi connectivity index (χ4n) is 11.9. The molecule has 5 aromatic rings. The van der Waals surface area contributed by atoms with E-state index in [2.05, 4.69) is 63.5 Å². The molecular weight excluding hydrogens is 1480 g/mol. The number of fused-ring (bicyclic) bond motifs is 1. The highest BCUT2D eigenvalue weighted by atomic mass is 16.4. The minimum absolute atomic E-state index is 0.0763. The number of carboxylic acid groups (broad SMARTS) is 1. The highest BCUT2D eigenvalue weighted by Crippen LogP contribution is 2.22. The van der Waals surface area contributed by atoms with Crippen molar-refractivity contribution in [2.45, 2.75) is 203 Å². The number of carboxylic acids is 1. The molecular formula is C77H107N17O20. The van der Waals surface area contributed by atoms with Gasteiger partial charge in [0, 0.05) is 62.0 Å². The van der Waals surface area contributed by atoms with E-state index in [0.29, 0.717) is 46.0 Å². The fourth-order valence-corrected chi connectivity index (χ4v) is 11.9. The summed E-state index contributed by atoms with van der Waals surface area (Å²) in [5.74, 6) is -16.4. The molecule has 0 bridgehead atoms. The predicted molar refractivity (Wildman–Crippen MR) is 414 cm³/mol. The molecule has 114 heavy (non-hydrogen) atoms. The number of aliphatic carboxylic acids is 1. The van der Waals surface area contributed by atoms with Gasteiger partial charge in [0.05, 0.1) is 12.6 Å². The van der Waals surface area contributed by atoms with Gasteiger partial charge >= 0.3 is 5.97 Å². The van der Waals surface area contributed by atoms with Crippen molar-refractivity contribution in [1.82, 2.24) is 63.5 Å². The SMILES string of the molecule is CC[C@H](C)[C@H](N)C(=O)N[C@@H](Cc1ccc(O)cc1)C(=O)N[C@@H](CO)C(=O)N[C@@H](Cc1ccc(O)cc1)C(=O)N[C@@H](CC(C)C)C(=O)N[C@@H](C)C(=O)N[C@@H](Cc1c[nH]c2ccccc12)C(=O)N[C@@H](Cc1ccc(O)cc1)C(=O)N[C@@H](CCC(N)=O)C(=O)N[C@@H](CCC(N)=O)C(=O)N[C@@H](CCCCN)C(=O)N[C@@H](CCC(N)=O)C(=O)O. The third-order valence-electron chi connectivity index (χ3n) is 18.7. The highest BCUT2D eigenvalue weighted by Gasteiger charge is 2.38. The van der Waals surface area contributed by atoms with Gasteiger partial charge in [-0.05, 0) is 135 Å². The van der Waals surface area contributed by atoms with E-state index in [1.807, 2.05) is 6.92 Å². The second-order valence-electron chi connectivity index (χ2n) is 28.4. The molecule has 0 saturated carbocycles. The Kier molecular flexibility index (Phi) is 37.2. The minimum atomic E-state index is -1.79. The molecule has 0 unspecified atom stereocenters. The Balaban J connectivity index is 1.44. The van der Waals surface area contributed by atoms with Crippen LogP contribution >= 0.6 is 0 Å². The van der Waals surface area contributed by atoms with E-state index in [-0.39, 0.29) is 74.2 Å². The summed E-state index contributed by atoms with van der Waals surface area (Å²) in [6, 6.07) is 4.81. The molecule has 0 fully saturated rings. The lowest BCUT2D eigenvalue weighted by Gasteiger charge is -2.28. The number of carbonyl (C=O) groups excluding carboxylic acids is 14. The first-order valence-corrected chi connectivity index (χ1v) is 37.4. The normalized spacial score (nSPS) is 14.6. The maximum absolute atomic E-state index is 15.1. The number of benzene rings is 4. The van der Waals surface area contributed by atoms with E-state index < -0.39 is 213 Å². The smallest absolute Gasteiger partial charge is 0.326 e. The molecule has 0 spiro atoms. The lowest BCUT2D eigenvalue weighted by atomic mass is 9.98. The van der Waals surface area contributed by atoms with Crippen LogP contribution in [-0.2, 0) is 97.6 Å². The molecule has 37 nitrogen and oxygen atoms in total. The molecule has 27 N–H and O–H groups in total.